The van der Waals surface area contributed by atoms with Gasteiger partial charge in [0, 0.05) is 61.2 Å². The minimum atomic E-state index is -0.473. The van der Waals surface area contributed by atoms with Crippen molar-refractivity contribution in [3.63, 3.8) is 0 Å². The van der Waals surface area contributed by atoms with Crippen molar-refractivity contribution in [2.24, 2.45) is 5.92 Å². The van der Waals surface area contributed by atoms with Gasteiger partial charge in [0.05, 0.1) is 18.2 Å². The molecule has 1 saturated heterocycles. The molecule has 1 aromatic carbocycles. The Morgan fingerprint density at radius 2 is 1.93 bits per heavy atom. The van der Waals surface area contributed by atoms with Gasteiger partial charge in [-0.1, -0.05) is 11.6 Å². The van der Waals surface area contributed by atoms with E-state index < -0.39 is 5.79 Å². The van der Waals surface area contributed by atoms with Gasteiger partial charge in [-0.25, -0.2) is 0 Å². The van der Waals surface area contributed by atoms with Crippen LogP contribution in [0.5, 0.6) is 11.5 Å². The molecular weight excluding hydrogens is 410 g/mol. The Hall–Kier alpha value is -2.29. The summed E-state index contributed by atoms with van der Waals surface area (Å²) in [5.74, 6) is -0.655. The molecule has 0 bridgehead atoms. The summed E-state index contributed by atoms with van der Waals surface area (Å²) in [6.07, 6.45) is 3.69. The molecule has 1 aliphatic carbocycles. The van der Waals surface area contributed by atoms with Crippen LogP contribution in [0.4, 0.5) is 0 Å². The van der Waals surface area contributed by atoms with E-state index in [1.165, 1.54) is 12.1 Å². The van der Waals surface area contributed by atoms with E-state index in [1.54, 1.807) is 0 Å². The van der Waals surface area contributed by atoms with Gasteiger partial charge in [-0.3, -0.25) is 9.89 Å². The molecule has 160 valence electrons. The zero-order valence-electron chi connectivity index (χ0n) is 16.5. The van der Waals surface area contributed by atoms with Crippen molar-refractivity contribution in [2.75, 3.05) is 19.8 Å². The molecule has 0 atom stereocenters. The number of nitrogens with one attached hydrogen (secondary N) is 1. The predicted octanol–water partition coefficient (Wildman–Crippen LogP) is 2.96. The number of H-pyrrole nitrogens is 1. The van der Waals surface area contributed by atoms with Gasteiger partial charge in [0.2, 0.25) is 5.91 Å². The molecule has 5 rings (SSSR count). The van der Waals surface area contributed by atoms with Gasteiger partial charge in [-0.15, -0.1) is 0 Å². The van der Waals surface area contributed by atoms with Gasteiger partial charge in [0.15, 0.2) is 5.79 Å². The average Bonchev–Trinajstić information content (AvgIpc) is 3.37. The van der Waals surface area contributed by atoms with Crippen LogP contribution in [0.1, 0.15) is 36.9 Å². The number of ether oxygens (including phenoxy) is 2. The Labute approximate surface area is 178 Å². The van der Waals surface area contributed by atoms with Crippen LogP contribution >= 0.6 is 11.6 Å². The van der Waals surface area contributed by atoms with Crippen molar-refractivity contribution in [1.82, 2.24) is 15.1 Å². The van der Waals surface area contributed by atoms with Gasteiger partial charge >= 0.3 is 0 Å². The van der Waals surface area contributed by atoms with Crippen molar-refractivity contribution >= 4 is 17.5 Å². The van der Waals surface area contributed by atoms with Crippen LogP contribution in [0.15, 0.2) is 12.1 Å². The van der Waals surface area contributed by atoms with Crippen LogP contribution in [0.2, 0.25) is 5.02 Å². The molecule has 1 aromatic heterocycles. The summed E-state index contributed by atoms with van der Waals surface area (Å²) in [7, 11) is 0. The fraction of sp³-hybridized carbons (Fsp3) is 0.524. The number of benzene rings is 1. The lowest BCUT2D eigenvalue weighted by Gasteiger charge is -2.37. The first kappa shape index (κ1) is 19.7. The van der Waals surface area contributed by atoms with Crippen LogP contribution in [0, 0.1) is 5.92 Å². The number of aromatic hydroxyl groups is 2. The normalized spacial score (nSPS) is 21.2. The number of fused-ring (bicyclic) bond motifs is 1. The molecule has 3 N–H and O–H groups in total. The summed E-state index contributed by atoms with van der Waals surface area (Å²) in [5, 5.41) is 27.5. The van der Waals surface area contributed by atoms with Crippen molar-refractivity contribution in [3.05, 3.63) is 28.4 Å². The highest BCUT2D eigenvalue weighted by molar-refractivity contribution is 6.32. The smallest absolute Gasteiger partial charge is 0.226 e. The third kappa shape index (κ3) is 3.33. The number of aromatic nitrogens is 2. The maximum Gasteiger partial charge on any atom is 0.226 e. The lowest BCUT2D eigenvalue weighted by atomic mass is 9.84. The molecule has 2 fully saturated rings. The molecular formula is C21H24ClN3O5. The molecule has 30 heavy (non-hydrogen) atoms. The molecule has 3 heterocycles. The first-order valence-corrected chi connectivity index (χ1v) is 10.7. The average molecular weight is 434 g/mol. The Morgan fingerprint density at radius 1 is 1.20 bits per heavy atom. The fourth-order valence-electron chi connectivity index (χ4n) is 4.79. The highest BCUT2D eigenvalue weighted by atomic mass is 35.5. The number of halogens is 1. The van der Waals surface area contributed by atoms with Crippen LogP contribution in [-0.2, 0) is 27.2 Å². The number of amides is 1. The third-order valence-electron chi connectivity index (χ3n) is 6.48. The molecule has 8 nitrogen and oxygen atoms in total. The lowest BCUT2D eigenvalue weighted by molar-refractivity contribution is -0.185. The van der Waals surface area contributed by atoms with Gasteiger partial charge in [0.25, 0.3) is 0 Å². The standard InChI is InChI=1S/C21H24ClN3O5/c22-15-9-13(17(26)10-18(15)27)19-14-11-25(6-3-16(14)23-24-19)20(28)12-1-4-21(5-2-12)29-7-8-30-21/h9-10,12,26-27H,1-8,11H2,(H,23,24). The van der Waals surface area contributed by atoms with Gasteiger partial charge < -0.3 is 24.6 Å². The van der Waals surface area contributed by atoms with Gasteiger partial charge in [-0.05, 0) is 18.9 Å². The molecule has 1 amide bonds. The number of phenols is 2. The topological polar surface area (TPSA) is 108 Å². The van der Waals surface area contributed by atoms with E-state index >= 15 is 0 Å². The molecule has 1 saturated carbocycles. The summed E-state index contributed by atoms with van der Waals surface area (Å²) in [4.78, 5) is 15.1. The van der Waals surface area contributed by atoms with E-state index in [9.17, 15) is 15.0 Å². The summed E-state index contributed by atoms with van der Waals surface area (Å²) >= 11 is 6.03. The van der Waals surface area contributed by atoms with Crippen molar-refractivity contribution in [1.29, 1.82) is 0 Å². The largest absolute Gasteiger partial charge is 0.507 e. The highest BCUT2D eigenvalue weighted by Gasteiger charge is 2.43. The Kier molecular flexibility index (Phi) is 4.88. The van der Waals surface area contributed by atoms with E-state index in [-0.39, 0.29) is 28.3 Å². The molecule has 1 spiro atoms. The van der Waals surface area contributed by atoms with Crippen LogP contribution in [0.3, 0.4) is 0 Å². The summed E-state index contributed by atoms with van der Waals surface area (Å²) < 4.78 is 11.5. The maximum absolute atomic E-state index is 13.2. The van der Waals surface area contributed by atoms with E-state index in [2.05, 4.69) is 10.2 Å². The molecule has 9 heteroatoms. The number of carbonyl (C=O) groups is 1. The molecule has 0 radical (unpaired) electrons. The van der Waals surface area contributed by atoms with E-state index in [0.29, 0.717) is 44.0 Å². The van der Waals surface area contributed by atoms with Crippen molar-refractivity contribution < 1.29 is 24.5 Å². The number of aromatic amines is 1. The number of nitrogens with zero attached hydrogens (tertiary/aromatic N) is 2. The second kappa shape index (κ2) is 7.44. The number of rotatable bonds is 2. The highest BCUT2D eigenvalue weighted by Crippen LogP contribution is 2.41. The number of hydrogen-bond acceptors (Lipinski definition) is 6. The van der Waals surface area contributed by atoms with E-state index in [0.717, 1.165) is 36.9 Å². The van der Waals surface area contributed by atoms with Crippen LogP contribution in [-0.4, -0.2) is 56.8 Å². The number of carbonyl (C=O) groups excluding carboxylic acids is 1. The predicted molar refractivity (Wildman–Crippen MR) is 108 cm³/mol. The van der Waals surface area contributed by atoms with Gasteiger partial charge in [-0.2, -0.15) is 5.10 Å². The first-order valence-electron chi connectivity index (χ1n) is 10.3. The number of phenolic OH excluding ortho intramolecular Hbond substituents is 2. The van der Waals surface area contributed by atoms with Gasteiger partial charge in [0.1, 0.15) is 17.2 Å². The quantitative estimate of drug-likeness (QED) is 0.672. The van der Waals surface area contributed by atoms with E-state index in [1.807, 2.05) is 4.90 Å². The maximum atomic E-state index is 13.2. The second-order valence-corrected chi connectivity index (χ2v) is 8.65. The van der Waals surface area contributed by atoms with E-state index in [4.69, 9.17) is 21.1 Å². The first-order chi connectivity index (χ1) is 14.5. The molecule has 3 aliphatic rings. The molecule has 0 unspecified atom stereocenters. The monoisotopic (exact) mass is 433 g/mol. The lowest BCUT2D eigenvalue weighted by Crippen LogP contribution is -2.43. The fourth-order valence-corrected chi connectivity index (χ4v) is 4.96. The summed E-state index contributed by atoms with van der Waals surface area (Å²) in [6, 6.07) is 2.70. The summed E-state index contributed by atoms with van der Waals surface area (Å²) in [6.45, 7) is 2.31. The minimum Gasteiger partial charge on any atom is -0.507 e. The Morgan fingerprint density at radius 3 is 2.67 bits per heavy atom. The Bertz CT molecular complexity index is 975. The number of hydrogen-bond donors (Lipinski definition) is 3. The third-order valence-corrected chi connectivity index (χ3v) is 6.78. The second-order valence-electron chi connectivity index (χ2n) is 8.24. The summed E-state index contributed by atoms with van der Waals surface area (Å²) in [5.41, 5.74) is 2.81. The van der Waals surface area contributed by atoms with Crippen molar-refractivity contribution in [3.8, 4) is 22.8 Å². The Balaban J connectivity index is 1.34. The minimum absolute atomic E-state index is 0.0307. The molecule has 2 aromatic rings. The molecule has 2 aliphatic heterocycles. The van der Waals surface area contributed by atoms with Crippen LogP contribution < -0.4 is 0 Å². The van der Waals surface area contributed by atoms with Crippen LogP contribution in [0.25, 0.3) is 11.3 Å². The SMILES string of the molecule is O=C(C1CCC2(CC1)OCCO2)N1CCc2[nH]nc(-c3cc(Cl)c(O)cc3O)c2C1. The zero-order chi connectivity index (χ0) is 20.9. The zero-order valence-corrected chi connectivity index (χ0v) is 17.2. The van der Waals surface area contributed by atoms with Crippen molar-refractivity contribution in [2.45, 2.75) is 44.4 Å².